The van der Waals surface area contributed by atoms with Crippen LogP contribution in [0.2, 0.25) is 0 Å². The number of rotatable bonds is 5. The summed E-state index contributed by atoms with van der Waals surface area (Å²) in [6.45, 7) is 6.63. The van der Waals surface area contributed by atoms with Gasteiger partial charge in [0.1, 0.15) is 17.5 Å². The summed E-state index contributed by atoms with van der Waals surface area (Å²) in [7, 11) is 0. The maximum atomic E-state index is 13.7. The fraction of sp³-hybridized carbons (Fsp3) is 0.481. The van der Waals surface area contributed by atoms with Crippen LogP contribution in [0.5, 0.6) is 0 Å². The van der Waals surface area contributed by atoms with Crippen molar-refractivity contribution in [2.45, 2.75) is 70.2 Å². The third kappa shape index (κ3) is 5.95. The van der Waals surface area contributed by atoms with E-state index in [0.717, 1.165) is 23.1 Å². The second-order valence-corrected chi connectivity index (χ2v) is 10.1. The van der Waals surface area contributed by atoms with Crippen molar-refractivity contribution in [1.29, 1.82) is 0 Å². The number of amides is 2. The van der Waals surface area contributed by atoms with Crippen LogP contribution in [0.3, 0.4) is 0 Å². The fourth-order valence-electron chi connectivity index (χ4n) is 4.67. The fourth-order valence-corrected chi connectivity index (χ4v) is 4.67. The molecule has 0 aromatic heterocycles. The Bertz CT molecular complexity index is 1030. The molecule has 2 fully saturated rings. The number of nitrogens with zero attached hydrogens (tertiary/aromatic N) is 1. The molecule has 6 nitrogen and oxygen atoms in total. The molecule has 2 heterocycles. The summed E-state index contributed by atoms with van der Waals surface area (Å²) < 4.78 is 25.0. The highest BCUT2D eigenvalue weighted by molar-refractivity contribution is 5.81. The second kappa shape index (κ2) is 10.1. The van der Waals surface area contributed by atoms with E-state index in [1.807, 2.05) is 51.1 Å². The summed E-state index contributed by atoms with van der Waals surface area (Å²) in [5, 5.41) is 3.13. The zero-order valence-corrected chi connectivity index (χ0v) is 20.1. The number of carbonyl (C=O) groups excluding carboxylic acids is 2. The maximum absolute atomic E-state index is 13.7. The second-order valence-electron chi connectivity index (χ2n) is 10.1. The highest BCUT2D eigenvalue weighted by Gasteiger charge is 2.40. The zero-order chi connectivity index (χ0) is 24.3. The Hall–Kier alpha value is -2.93. The van der Waals surface area contributed by atoms with Gasteiger partial charge >= 0.3 is 6.09 Å². The summed E-state index contributed by atoms with van der Waals surface area (Å²) in [6, 6.07) is 13.9. The van der Waals surface area contributed by atoms with Crippen LogP contribution in [0, 0.1) is 5.82 Å². The van der Waals surface area contributed by atoms with Crippen molar-refractivity contribution in [3.8, 4) is 11.1 Å². The molecule has 0 radical (unpaired) electrons. The lowest BCUT2D eigenvalue weighted by Gasteiger charge is -2.31. The average molecular weight is 469 g/mol. The van der Waals surface area contributed by atoms with Gasteiger partial charge in [-0.05, 0) is 75.3 Å². The van der Waals surface area contributed by atoms with E-state index in [1.165, 1.54) is 12.1 Å². The van der Waals surface area contributed by atoms with Crippen molar-refractivity contribution >= 4 is 12.0 Å². The molecule has 2 aliphatic heterocycles. The minimum atomic E-state index is -0.613. The molecule has 2 aliphatic rings. The third-order valence-corrected chi connectivity index (χ3v) is 6.25. The summed E-state index contributed by atoms with van der Waals surface area (Å²) in [4.78, 5) is 27.5. The van der Waals surface area contributed by atoms with Crippen molar-refractivity contribution in [3.63, 3.8) is 0 Å². The van der Waals surface area contributed by atoms with Gasteiger partial charge in [-0.25, -0.2) is 9.18 Å². The number of hydrogen-bond acceptors (Lipinski definition) is 4. The number of benzene rings is 2. The lowest BCUT2D eigenvalue weighted by Crippen LogP contribution is -2.50. The van der Waals surface area contributed by atoms with Crippen LogP contribution in [0.1, 0.15) is 45.6 Å². The van der Waals surface area contributed by atoms with Gasteiger partial charge in [-0.15, -0.1) is 0 Å². The number of carbonyl (C=O) groups is 2. The van der Waals surface area contributed by atoms with E-state index in [4.69, 9.17) is 9.47 Å². The Labute approximate surface area is 200 Å². The summed E-state index contributed by atoms with van der Waals surface area (Å²) in [5.74, 6) is -0.404. The van der Waals surface area contributed by atoms with Crippen molar-refractivity contribution in [2.24, 2.45) is 0 Å². The molecule has 4 rings (SSSR count). The molecule has 0 spiro atoms. The average Bonchev–Trinajstić information content (AvgIpc) is 3.44. The Morgan fingerprint density at radius 3 is 2.53 bits per heavy atom. The van der Waals surface area contributed by atoms with Crippen molar-refractivity contribution < 1.29 is 23.5 Å². The van der Waals surface area contributed by atoms with E-state index >= 15 is 0 Å². The number of likely N-dealkylation sites (tertiary alicyclic amines) is 1. The molecule has 0 saturated carbocycles. The van der Waals surface area contributed by atoms with Gasteiger partial charge in [0.15, 0.2) is 0 Å². The SMILES string of the molecule is CC(C)(C)OC(=O)N1CC[C@H](NC(=O)[C@@H]2CCCO2)[C@@H]1Cc1cccc(-c2cccc(F)c2)c1. The third-order valence-electron chi connectivity index (χ3n) is 6.25. The highest BCUT2D eigenvalue weighted by atomic mass is 19.1. The van der Waals surface area contributed by atoms with E-state index in [-0.39, 0.29) is 29.9 Å². The first-order valence-electron chi connectivity index (χ1n) is 12.0. The van der Waals surface area contributed by atoms with Crippen LogP contribution in [-0.2, 0) is 20.7 Å². The molecular weight excluding hydrogens is 435 g/mol. The number of halogens is 1. The van der Waals surface area contributed by atoms with Crippen molar-refractivity contribution in [3.05, 3.63) is 59.9 Å². The van der Waals surface area contributed by atoms with Gasteiger partial charge in [-0.2, -0.15) is 0 Å². The van der Waals surface area contributed by atoms with E-state index < -0.39 is 11.7 Å². The van der Waals surface area contributed by atoms with E-state index in [2.05, 4.69) is 5.32 Å². The lowest BCUT2D eigenvalue weighted by atomic mass is 9.96. The molecule has 182 valence electrons. The largest absolute Gasteiger partial charge is 0.444 e. The first kappa shape index (κ1) is 24.2. The summed E-state index contributed by atoms with van der Waals surface area (Å²) in [5.41, 5.74) is 2.08. The van der Waals surface area contributed by atoms with Crippen molar-refractivity contribution in [2.75, 3.05) is 13.2 Å². The Balaban J connectivity index is 1.56. The molecule has 0 aliphatic carbocycles. The Morgan fingerprint density at radius 2 is 1.85 bits per heavy atom. The van der Waals surface area contributed by atoms with Crippen LogP contribution < -0.4 is 5.32 Å². The van der Waals surface area contributed by atoms with Gasteiger partial charge in [0.05, 0.1) is 12.1 Å². The minimum Gasteiger partial charge on any atom is -0.444 e. The molecule has 0 unspecified atom stereocenters. The van der Waals surface area contributed by atoms with Gasteiger partial charge in [0.25, 0.3) is 0 Å². The van der Waals surface area contributed by atoms with Crippen LogP contribution >= 0.6 is 0 Å². The normalized spacial score (nSPS) is 22.6. The standard InChI is InChI=1S/C27H33FN2O4/c1-27(2,3)34-26(32)30-13-12-22(29-25(31)24-11-6-14-33-24)23(30)16-18-7-4-8-19(15-18)20-9-5-10-21(28)17-20/h4-5,7-10,15,17,22-24H,6,11-14,16H2,1-3H3,(H,29,31)/t22-,23-,24-/m0/s1. The molecule has 34 heavy (non-hydrogen) atoms. The highest BCUT2D eigenvalue weighted by Crippen LogP contribution is 2.27. The molecule has 3 atom stereocenters. The van der Waals surface area contributed by atoms with Crippen LogP contribution in [0.15, 0.2) is 48.5 Å². The van der Waals surface area contributed by atoms with Crippen LogP contribution in [-0.4, -0.2) is 53.8 Å². The van der Waals surface area contributed by atoms with Gasteiger partial charge < -0.3 is 19.7 Å². The molecule has 0 bridgehead atoms. The number of ether oxygens (including phenoxy) is 2. The molecular formula is C27H33FN2O4. The Morgan fingerprint density at radius 1 is 1.12 bits per heavy atom. The molecule has 2 aromatic rings. The summed E-state index contributed by atoms with van der Waals surface area (Å²) in [6.07, 6.45) is 1.97. The minimum absolute atomic E-state index is 0.118. The molecule has 1 N–H and O–H groups in total. The first-order chi connectivity index (χ1) is 16.2. The monoisotopic (exact) mass is 468 g/mol. The predicted molar refractivity (Wildman–Crippen MR) is 128 cm³/mol. The molecule has 2 saturated heterocycles. The predicted octanol–water partition coefficient (Wildman–Crippen LogP) is 4.71. The van der Waals surface area contributed by atoms with E-state index in [9.17, 15) is 14.0 Å². The van der Waals surface area contributed by atoms with Crippen LogP contribution in [0.4, 0.5) is 9.18 Å². The smallest absolute Gasteiger partial charge is 0.410 e. The summed E-state index contributed by atoms with van der Waals surface area (Å²) >= 11 is 0. The topological polar surface area (TPSA) is 67.9 Å². The Kier molecular flexibility index (Phi) is 7.22. The van der Waals surface area contributed by atoms with E-state index in [1.54, 1.807) is 11.0 Å². The van der Waals surface area contributed by atoms with Gasteiger partial charge in [-0.3, -0.25) is 4.79 Å². The van der Waals surface area contributed by atoms with Crippen LogP contribution in [0.25, 0.3) is 11.1 Å². The van der Waals surface area contributed by atoms with E-state index in [0.29, 0.717) is 32.4 Å². The number of nitrogens with one attached hydrogen (secondary N) is 1. The number of hydrogen-bond donors (Lipinski definition) is 1. The molecule has 2 amide bonds. The maximum Gasteiger partial charge on any atom is 0.410 e. The quantitative estimate of drug-likeness (QED) is 0.690. The van der Waals surface area contributed by atoms with Gasteiger partial charge in [0.2, 0.25) is 5.91 Å². The first-order valence-corrected chi connectivity index (χ1v) is 12.0. The van der Waals surface area contributed by atoms with Gasteiger partial charge in [-0.1, -0.05) is 36.4 Å². The van der Waals surface area contributed by atoms with Gasteiger partial charge in [0, 0.05) is 13.2 Å². The molecule has 2 aromatic carbocycles. The lowest BCUT2D eigenvalue weighted by molar-refractivity contribution is -0.131. The molecule has 7 heteroatoms. The van der Waals surface area contributed by atoms with Crippen molar-refractivity contribution in [1.82, 2.24) is 10.2 Å². The zero-order valence-electron chi connectivity index (χ0n) is 20.1.